The number of aromatic carboxylic acids is 1. The average Bonchev–Trinajstić information content (AvgIpc) is 2.39. The van der Waals surface area contributed by atoms with Crippen molar-refractivity contribution >= 4 is 28.6 Å². The number of rotatable bonds is 4. The van der Waals surface area contributed by atoms with Crippen LogP contribution in [-0.4, -0.2) is 11.1 Å². The van der Waals surface area contributed by atoms with Crippen LogP contribution in [0.25, 0.3) is 0 Å². The molecule has 0 fully saturated rings. The zero-order chi connectivity index (χ0) is 13.8. The Balaban J connectivity index is 2.07. The molecule has 0 saturated carbocycles. The Labute approximate surface area is 125 Å². The summed E-state index contributed by atoms with van der Waals surface area (Å²) in [6.07, 6.45) is 0. The molecular weight excluding hydrogens is 355 g/mol. The molecule has 2 aromatic rings. The number of hydrogen-bond donors (Lipinski definition) is 1. The van der Waals surface area contributed by atoms with Crippen LogP contribution in [0, 0.1) is 10.5 Å². The number of carboxylic acid groups (broad SMARTS) is 1. The van der Waals surface area contributed by atoms with Crippen LogP contribution in [-0.2, 0) is 6.61 Å². The van der Waals surface area contributed by atoms with E-state index in [0.717, 1.165) is 20.4 Å². The summed E-state index contributed by atoms with van der Waals surface area (Å²) in [7, 11) is 0. The van der Waals surface area contributed by atoms with Gasteiger partial charge >= 0.3 is 5.97 Å². The summed E-state index contributed by atoms with van der Waals surface area (Å²) in [5.41, 5.74) is 2.21. The molecule has 1 N–H and O–H groups in total. The van der Waals surface area contributed by atoms with E-state index in [1.165, 1.54) is 0 Å². The van der Waals surface area contributed by atoms with Crippen molar-refractivity contribution in [1.29, 1.82) is 0 Å². The van der Waals surface area contributed by atoms with E-state index >= 15 is 0 Å². The van der Waals surface area contributed by atoms with Crippen molar-refractivity contribution in [3.8, 4) is 5.75 Å². The Morgan fingerprint density at radius 2 is 1.89 bits per heavy atom. The summed E-state index contributed by atoms with van der Waals surface area (Å²) in [6.45, 7) is 2.32. The van der Waals surface area contributed by atoms with Crippen molar-refractivity contribution in [1.82, 2.24) is 0 Å². The number of carboxylic acids is 1. The lowest BCUT2D eigenvalue weighted by atomic mass is 10.1. The fourth-order valence-corrected chi connectivity index (χ4v) is 2.04. The van der Waals surface area contributed by atoms with Gasteiger partial charge in [-0.3, -0.25) is 0 Å². The van der Waals surface area contributed by atoms with Crippen LogP contribution in [0.4, 0.5) is 0 Å². The number of benzene rings is 2. The normalized spacial score (nSPS) is 10.2. The highest BCUT2D eigenvalue weighted by Gasteiger charge is 2.06. The minimum Gasteiger partial charge on any atom is -0.489 e. The molecule has 98 valence electrons. The monoisotopic (exact) mass is 368 g/mol. The van der Waals surface area contributed by atoms with Crippen LogP contribution in [0.3, 0.4) is 0 Å². The molecule has 0 aliphatic carbocycles. The van der Waals surface area contributed by atoms with Gasteiger partial charge in [0.1, 0.15) is 12.4 Å². The van der Waals surface area contributed by atoms with Crippen LogP contribution in [0.1, 0.15) is 21.5 Å². The third-order valence-corrected chi connectivity index (χ3v) is 3.52. The molecule has 0 aromatic heterocycles. The van der Waals surface area contributed by atoms with E-state index in [0.29, 0.717) is 12.2 Å². The standard InChI is InChI=1S/C15H13IO3/c1-10-8-11(15(17)18)2-3-12(10)9-19-14-6-4-13(16)5-7-14/h2-8H,9H2,1H3,(H,17,18). The second-order valence-electron chi connectivity index (χ2n) is 4.19. The molecule has 2 rings (SSSR count). The number of halogens is 1. The molecule has 0 unspecified atom stereocenters. The zero-order valence-electron chi connectivity index (χ0n) is 10.4. The number of aryl methyl sites for hydroxylation is 1. The van der Waals surface area contributed by atoms with Gasteiger partial charge in [-0.25, -0.2) is 4.79 Å². The highest BCUT2D eigenvalue weighted by molar-refractivity contribution is 14.1. The number of ether oxygens (including phenoxy) is 1. The van der Waals surface area contributed by atoms with E-state index in [-0.39, 0.29) is 0 Å². The van der Waals surface area contributed by atoms with E-state index < -0.39 is 5.97 Å². The maximum Gasteiger partial charge on any atom is 0.335 e. The molecule has 3 nitrogen and oxygen atoms in total. The van der Waals surface area contributed by atoms with Gasteiger partial charge in [-0.15, -0.1) is 0 Å². The molecule has 0 heterocycles. The number of hydrogen-bond acceptors (Lipinski definition) is 2. The summed E-state index contributed by atoms with van der Waals surface area (Å²) in [5, 5.41) is 8.90. The molecule has 0 aliphatic rings. The third kappa shape index (κ3) is 3.70. The number of carbonyl (C=O) groups is 1. The molecule has 0 amide bonds. The molecule has 0 saturated heterocycles. The maximum atomic E-state index is 10.8. The van der Waals surface area contributed by atoms with Crippen molar-refractivity contribution < 1.29 is 14.6 Å². The smallest absolute Gasteiger partial charge is 0.335 e. The van der Waals surface area contributed by atoms with Crippen molar-refractivity contribution in [3.05, 3.63) is 62.7 Å². The minimum absolute atomic E-state index is 0.301. The largest absolute Gasteiger partial charge is 0.489 e. The van der Waals surface area contributed by atoms with Crippen molar-refractivity contribution in [2.75, 3.05) is 0 Å². The molecule has 4 heteroatoms. The molecule has 2 aromatic carbocycles. The molecule has 0 aliphatic heterocycles. The first-order valence-corrected chi connectivity index (χ1v) is 6.85. The van der Waals surface area contributed by atoms with E-state index in [9.17, 15) is 4.79 Å². The van der Waals surface area contributed by atoms with E-state index in [4.69, 9.17) is 9.84 Å². The van der Waals surface area contributed by atoms with Crippen LogP contribution in [0.5, 0.6) is 5.75 Å². The molecule has 0 radical (unpaired) electrons. The van der Waals surface area contributed by atoms with Crippen molar-refractivity contribution in [3.63, 3.8) is 0 Å². The molecule has 19 heavy (non-hydrogen) atoms. The molecular formula is C15H13IO3. The second-order valence-corrected chi connectivity index (χ2v) is 5.43. The Bertz CT molecular complexity index is 591. The van der Waals surface area contributed by atoms with Crippen LogP contribution >= 0.6 is 22.6 Å². The minimum atomic E-state index is -0.909. The highest BCUT2D eigenvalue weighted by atomic mass is 127. The lowest BCUT2D eigenvalue weighted by molar-refractivity contribution is 0.0696. The Morgan fingerprint density at radius 3 is 2.47 bits per heavy atom. The summed E-state index contributed by atoms with van der Waals surface area (Å²) in [4.78, 5) is 10.8. The highest BCUT2D eigenvalue weighted by Crippen LogP contribution is 2.17. The Morgan fingerprint density at radius 1 is 1.21 bits per heavy atom. The van der Waals surface area contributed by atoms with Gasteiger partial charge < -0.3 is 9.84 Å². The summed E-state index contributed by atoms with van der Waals surface area (Å²) < 4.78 is 6.84. The average molecular weight is 368 g/mol. The molecule has 0 bridgehead atoms. The van der Waals surface area contributed by atoms with Gasteiger partial charge in [0.2, 0.25) is 0 Å². The van der Waals surface area contributed by atoms with Gasteiger partial charge in [-0.05, 0) is 77.0 Å². The van der Waals surface area contributed by atoms with Gasteiger partial charge in [0.25, 0.3) is 0 Å². The third-order valence-electron chi connectivity index (χ3n) is 2.80. The lowest BCUT2D eigenvalue weighted by Gasteiger charge is -2.09. The van der Waals surface area contributed by atoms with Gasteiger partial charge in [-0.2, -0.15) is 0 Å². The first kappa shape index (κ1) is 13.9. The summed E-state index contributed by atoms with van der Waals surface area (Å²) in [6, 6.07) is 12.9. The fourth-order valence-electron chi connectivity index (χ4n) is 1.68. The first-order chi connectivity index (χ1) is 9.06. The SMILES string of the molecule is Cc1cc(C(=O)O)ccc1COc1ccc(I)cc1. The van der Waals surface area contributed by atoms with E-state index in [1.807, 2.05) is 31.2 Å². The molecule has 0 spiro atoms. The predicted molar refractivity (Wildman–Crippen MR) is 81.6 cm³/mol. The van der Waals surface area contributed by atoms with E-state index in [2.05, 4.69) is 22.6 Å². The van der Waals surface area contributed by atoms with Gasteiger partial charge in [0.05, 0.1) is 5.56 Å². The summed E-state index contributed by atoms with van der Waals surface area (Å²) >= 11 is 2.24. The lowest BCUT2D eigenvalue weighted by Crippen LogP contribution is -2.01. The first-order valence-electron chi connectivity index (χ1n) is 5.77. The Kier molecular flexibility index (Phi) is 4.42. The summed E-state index contributed by atoms with van der Waals surface area (Å²) in [5.74, 6) is -0.102. The van der Waals surface area contributed by atoms with Crippen LogP contribution in [0.15, 0.2) is 42.5 Å². The van der Waals surface area contributed by atoms with Crippen LogP contribution < -0.4 is 4.74 Å². The quantitative estimate of drug-likeness (QED) is 0.834. The molecule has 0 atom stereocenters. The second kappa shape index (κ2) is 6.06. The fraction of sp³-hybridized carbons (Fsp3) is 0.133. The maximum absolute atomic E-state index is 10.8. The topological polar surface area (TPSA) is 46.5 Å². The zero-order valence-corrected chi connectivity index (χ0v) is 12.5. The van der Waals surface area contributed by atoms with Crippen molar-refractivity contribution in [2.24, 2.45) is 0 Å². The van der Waals surface area contributed by atoms with Crippen LogP contribution in [0.2, 0.25) is 0 Å². The Hall–Kier alpha value is -1.56. The predicted octanol–water partition coefficient (Wildman–Crippen LogP) is 3.88. The van der Waals surface area contributed by atoms with Gasteiger partial charge in [0, 0.05) is 3.57 Å². The van der Waals surface area contributed by atoms with Gasteiger partial charge in [0.15, 0.2) is 0 Å². The van der Waals surface area contributed by atoms with E-state index in [1.54, 1.807) is 18.2 Å². The van der Waals surface area contributed by atoms with Gasteiger partial charge in [-0.1, -0.05) is 6.07 Å². The van der Waals surface area contributed by atoms with Crippen molar-refractivity contribution in [2.45, 2.75) is 13.5 Å².